The first kappa shape index (κ1) is 14.0. The molecule has 1 aliphatic rings. The summed E-state index contributed by atoms with van der Waals surface area (Å²) >= 11 is 0. The van der Waals surface area contributed by atoms with Gasteiger partial charge in [0, 0.05) is 6.54 Å². The van der Waals surface area contributed by atoms with Crippen LogP contribution in [0.5, 0.6) is 0 Å². The third-order valence-electron chi connectivity index (χ3n) is 3.37. The van der Waals surface area contributed by atoms with Crippen molar-refractivity contribution >= 4 is 17.8 Å². The van der Waals surface area contributed by atoms with Crippen molar-refractivity contribution in [2.45, 2.75) is 18.9 Å². The van der Waals surface area contributed by atoms with Gasteiger partial charge >= 0.3 is 11.9 Å². The Morgan fingerprint density at radius 1 is 1.25 bits per heavy atom. The predicted molar refractivity (Wildman–Crippen MR) is 69.5 cm³/mol. The summed E-state index contributed by atoms with van der Waals surface area (Å²) in [5, 5.41) is 9.12. The fraction of sp³-hybridized carbons (Fsp3) is 0.357. The highest BCUT2D eigenvalue weighted by atomic mass is 16.5. The number of hydrogen-bond donors (Lipinski definition) is 1. The minimum Gasteiger partial charge on any atom is -0.478 e. The van der Waals surface area contributed by atoms with Gasteiger partial charge in [-0.05, 0) is 25.0 Å². The van der Waals surface area contributed by atoms with Crippen molar-refractivity contribution in [1.82, 2.24) is 4.90 Å². The number of nitrogens with zero attached hydrogens (tertiary/aromatic N) is 1. The molecule has 0 radical (unpaired) electrons. The van der Waals surface area contributed by atoms with Gasteiger partial charge in [0.15, 0.2) is 0 Å². The molecule has 0 unspecified atom stereocenters. The Kier molecular flexibility index (Phi) is 4.02. The lowest BCUT2D eigenvalue weighted by Gasteiger charge is -2.23. The van der Waals surface area contributed by atoms with Crippen LogP contribution in [0.2, 0.25) is 0 Å². The highest BCUT2D eigenvalue weighted by molar-refractivity contribution is 6.05. The largest absolute Gasteiger partial charge is 0.478 e. The number of ether oxygens (including phenoxy) is 1. The number of aromatic carboxylic acids is 1. The van der Waals surface area contributed by atoms with E-state index in [-0.39, 0.29) is 11.1 Å². The van der Waals surface area contributed by atoms with E-state index in [0.717, 1.165) is 0 Å². The molecule has 1 N–H and O–H groups in total. The summed E-state index contributed by atoms with van der Waals surface area (Å²) in [5.74, 6) is -2.08. The number of carbonyl (C=O) groups excluding carboxylic acids is 2. The number of carboxylic acids is 1. The smallest absolute Gasteiger partial charge is 0.336 e. The van der Waals surface area contributed by atoms with Gasteiger partial charge in [0.1, 0.15) is 6.04 Å². The minimum atomic E-state index is -1.16. The van der Waals surface area contributed by atoms with Crippen molar-refractivity contribution in [2.75, 3.05) is 13.7 Å². The van der Waals surface area contributed by atoms with Crippen LogP contribution >= 0.6 is 0 Å². The third-order valence-corrected chi connectivity index (χ3v) is 3.37. The first-order chi connectivity index (χ1) is 9.56. The zero-order chi connectivity index (χ0) is 14.7. The summed E-state index contributed by atoms with van der Waals surface area (Å²) in [6.07, 6.45) is 1.23. The molecular formula is C14H15NO5. The number of amides is 1. The third kappa shape index (κ3) is 2.49. The number of methoxy groups -OCH3 is 1. The molecule has 0 saturated carbocycles. The highest BCUT2D eigenvalue weighted by Gasteiger charge is 2.36. The minimum absolute atomic E-state index is 0.0620. The molecule has 20 heavy (non-hydrogen) atoms. The SMILES string of the molecule is COC(=O)[C@@H]1CCCN1C(=O)c1ccccc1C(=O)O. The number of carbonyl (C=O) groups is 3. The van der Waals surface area contributed by atoms with Crippen molar-refractivity contribution in [2.24, 2.45) is 0 Å². The summed E-state index contributed by atoms with van der Waals surface area (Å²) in [4.78, 5) is 36.6. The van der Waals surface area contributed by atoms with Crippen LogP contribution in [0.3, 0.4) is 0 Å². The van der Waals surface area contributed by atoms with Crippen molar-refractivity contribution in [3.05, 3.63) is 35.4 Å². The molecule has 2 rings (SSSR count). The average Bonchev–Trinajstić information content (AvgIpc) is 2.95. The molecule has 6 nitrogen and oxygen atoms in total. The zero-order valence-corrected chi connectivity index (χ0v) is 11.0. The Hall–Kier alpha value is -2.37. The van der Waals surface area contributed by atoms with Gasteiger partial charge in [-0.1, -0.05) is 12.1 Å². The molecule has 1 aromatic carbocycles. The van der Waals surface area contributed by atoms with Gasteiger partial charge in [-0.2, -0.15) is 0 Å². The fourth-order valence-corrected chi connectivity index (χ4v) is 2.40. The summed E-state index contributed by atoms with van der Waals surface area (Å²) < 4.78 is 4.68. The van der Waals surface area contributed by atoms with E-state index in [1.54, 1.807) is 12.1 Å². The summed E-state index contributed by atoms with van der Waals surface area (Å²) in [6, 6.07) is 5.36. The zero-order valence-electron chi connectivity index (χ0n) is 11.0. The average molecular weight is 277 g/mol. The van der Waals surface area contributed by atoms with Crippen molar-refractivity contribution in [3.63, 3.8) is 0 Å². The fourth-order valence-electron chi connectivity index (χ4n) is 2.40. The topological polar surface area (TPSA) is 83.9 Å². The van der Waals surface area contributed by atoms with Crippen molar-refractivity contribution < 1.29 is 24.2 Å². The van der Waals surface area contributed by atoms with E-state index in [2.05, 4.69) is 4.74 Å². The van der Waals surface area contributed by atoms with E-state index >= 15 is 0 Å². The number of esters is 1. The van der Waals surface area contributed by atoms with Gasteiger partial charge < -0.3 is 14.7 Å². The Labute approximate surface area is 115 Å². The lowest BCUT2D eigenvalue weighted by atomic mass is 10.1. The summed E-state index contributed by atoms with van der Waals surface area (Å²) in [7, 11) is 1.27. The van der Waals surface area contributed by atoms with Crippen LogP contribution in [0.25, 0.3) is 0 Å². The van der Waals surface area contributed by atoms with Gasteiger partial charge in [-0.25, -0.2) is 9.59 Å². The molecule has 1 heterocycles. The van der Waals surface area contributed by atoms with Crippen LogP contribution in [0.1, 0.15) is 33.6 Å². The molecular weight excluding hydrogens is 262 g/mol. The van der Waals surface area contributed by atoms with Gasteiger partial charge in [-0.15, -0.1) is 0 Å². The Balaban J connectivity index is 2.32. The molecule has 1 fully saturated rings. The van der Waals surface area contributed by atoms with Crippen LogP contribution in [0, 0.1) is 0 Å². The Bertz CT molecular complexity index is 554. The lowest BCUT2D eigenvalue weighted by Crippen LogP contribution is -2.41. The molecule has 1 atom stereocenters. The van der Waals surface area contributed by atoms with E-state index in [9.17, 15) is 14.4 Å². The van der Waals surface area contributed by atoms with Crippen LogP contribution in [0.4, 0.5) is 0 Å². The van der Waals surface area contributed by atoms with Gasteiger partial charge in [-0.3, -0.25) is 4.79 Å². The molecule has 0 aliphatic carbocycles. The first-order valence-electron chi connectivity index (χ1n) is 6.27. The van der Waals surface area contributed by atoms with Crippen LogP contribution < -0.4 is 0 Å². The van der Waals surface area contributed by atoms with E-state index in [1.165, 1.54) is 24.1 Å². The maximum atomic E-state index is 12.5. The van der Waals surface area contributed by atoms with E-state index in [4.69, 9.17) is 5.11 Å². The van der Waals surface area contributed by atoms with Gasteiger partial charge in [0.25, 0.3) is 5.91 Å². The van der Waals surface area contributed by atoms with Crippen molar-refractivity contribution in [3.8, 4) is 0 Å². The molecule has 6 heteroatoms. The second kappa shape index (κ2) is 5.73. The Morgan fingerprint density at radius 2 is 1.90 bits per heavy atom. The highest BCUT2D eigenvalue weighted by Crippen LogP contribution is 2.22. The molecule has 1 saturated heterocycles. The number of carboxylic acid groups (broad SMARTS) is 1. The number of hydrogen-bond acceptors (Lipinski definition) is 4. The quantitative estimate of drug-likeness (QED) is 0.838. The second-order valence-electron chi connectivity index (χ2n) is 4.53. The van der Waals surface area contributed by atoms with Crippen molar-refractivity contribution in [1.29, 1.82) is 0 Å². The van der Waals surface area contributed by atoms with E-state index in [0.29, 0.717) is 19.4 Å². The monoisotopic (exact) mass is 277 g/mol. The molecule has 106 valence electrons. The van der Waals surface area contributed by atoms with Gasteiger partial charge in [0.2, 0.25) is 0 Å². The molecule has 1 aromatic rings. The Morgan fingerprint density at radius 3 is 2.50 bits per heavy atom. The summed E-state index contributed by atoms with van der Waals surface area (Å²) in [6.45, 7) is 0.423. The molecule has 0 bridgehead atoms. The predicted octanol–water partition coefficient (Wildman–Crippen LogP) is 1.16. The molecule has 1 aliphatic heterocycles. The second-order valence-corrected chi connectivity index (χ2v) is 4.53. The van der Waals surface area contributed by atoms with Crippen LogP contribution in [0.15, 0.2) is 24.3 Å². The normalized spacial score (nSPS) is 17.9. The number of likely N-dealkylation sites (tertiary alicyclic amines) is 1. The van der Waals surface area contributed by atoms with Gasteiger partial charge in [0.05, 0.1) is 18.2 Å². The number of benzene rings is 1. The number of rotatable bonds is 3. The van der Waals surface area contributed by atoms with Crippen LogP contribution in [-0.2, 0) is 9.53 Å². The summed E-state index contributed by atoms with van der Waals surface area (Å²) in [5.41, 5.74) is 0.0313. The maximum Gasteiger partial charge on any atom is 0.336 e. The molecule has 0 spiro atoms. The molecule has 1 amide bonds. The lowest BCUT2D eigenvalue weighted by molar-refractivity contribution is -0.145. The van der Waals surface area contributed by atoms with Crippen LogP contribution in [-0.4, -0.2) is 47.5 Å². The molecule has 0 aromatic heterocycles. The standard InChI is InChI=1S/C14H15NO5/c1-20-14(19)11-7-4-8-15(11)12(16)9-5-2-3-6-10(9)13(17)18/h2-3,5-6,11H,4,7-8H2,1H3,(H,17,18)/t11-/m0/s1. The maximum absolute atomic E-state index is 12.5. The first-order valence-corrected chi connectivity index (χ1v) is 6.27. The van der Waals surface area contributed by atoms with E-state index < -0.39 is 23.9 Å². The van der Waals surface area contributed by atoms with E-state index in [1.807, 2.05) is 0 Å².